The number of anilines is 6. The minimum absolute atomic E-state index is 0.0201. The van der Waals surface area contributed by atoms with Gasteiger partial charge in [0.25, 0.3) is 17.7 Å². The van der Waals surface area contributed by atoms with Gasteiger partial charge in [0.1, 0.15) is 72.9 Å². The average Bonchev–Trinajstić information content (AvgIpc) is 0.791. The van der Waals surface area contributed by atoms with E-state index < -0.39 is 70.8 Å². The molecule has 5 fully saturated rings. The van der Waals surface area contributed by atoms with Crippen molar-refractivity contribution in [1.29, 1.82) is 0 Å². The Morgan fingerprint density at radius 2 is 0.790 bits per heavy atom. The Hall–Kier alpha value is -12.8. The minimum atomic E-state index is -1.04. The van der Waals surface area contributed by atoms with Gasteiger partial charge in [-0.2, -0.15) is 29.9 Å². The lowest BCUT2D eigenvalue weighted by Gasteiger charge is -2.41. The van der Waals surface area contributed by atoms with Gasteiger partial charge < -0.3 is 82.1 Å². The van der Waals surface area contributed by atoms with Gasteiger partial charge in [-0.05, 0) is 131 Å². The van der Waals surface area contributed by atoms with Gasteiger partial charge in [-0.1, -0.05) is 122 Å². The molecule has 6 aromatic carbocycles. The van der Waals surface area contributed by atoms with E-state index in [1.807, 2.05) is 93.5 Å². The highest BCUT2D eigenvalue weighted by atomic mass is 35.5. The molecule has 28 nitrogen and oxygen atoms in total. The van der Waals surface area contributed by atoms with Crippen molar-refractivity contribution < 1.29 is 59.7 Å². The summed E-state index contributed by atoms with van der Waals surface area (Å²) in [6, 6.07) is 29.7. The topological polar surface area (TPSA) is 219 Å². The zero-order valence-corrected chi connectivity index (χ0v) is 79.5. The summed E-state index contributed by atoms with van der Waals surface area (Å²) in [4.78, 5) is 98.9. The van der Waals surface area contributed by atoms with Crippen LogP contribution in [-0.4, -0.2) is 264 Å². The Bertz CT molecular complexity index is 6350. The van der Waals surface area contributed by atoms with Crippen LogP contribution in [0.25, 0.3) is 46.9 Å². The number of carbonyl (C=O) groups is 3. The highest BCUT2D eigenvalue weighted by Gasteiger charge is 2.42. The summed E-state index contributed by atoms with van der Waals surface area (Å²) in [7, 11) is 0. The number of aromatic nitrogens is 7. The van der Waals surface area contributed by atoms with Gasteiger partial charge in [0.15, 0.2) is 17.5 Å². The molecule has 0 bridgehead atoms. The number of ether oxygens (including phenoxy) is 4. The second-order valence-electron chi connectivity index (χ2n) is 35.8. The third-order valence-corrected chi connectivity index (χ3v) is 27.8. The number of halogens is 9. The number of morpholine rings is 1. The molecular weight excluding hydrogens is 1840 g/mol. The highest BCUT2D eigenvalue weighted by Crippen LogP contribution is 2.44. The smallest absolute Gasteiger partial charge is 0.318 e. The van der Waals surface area contributed by atoms with E-state index in [-0.39, 0.29) is 90.6 Å². The van der Waals surface area contributed by atoms with Crippen LogP contribution in [0.5, 0.6) is 18.0 Å². The summed E-state index contributed by atoms with van der Waals surface area (Å²) in [6.45, 7) is 50.3. The molecule has 1 unspecified atom stereocenters. The molecule has 10 aromatic rings. The van der Waals surface area contributed by atoms with E-state index in [9.17, 15) is 40.7 Å². The summed E-state index contributed by atoms with van der Waals surface area (Å²) in [5, 5.41) is 4.73. The first-order valence-electron chi connectivity index (χ1n) is 46.6. The van der Waals surface area contributed by atoms with Crippen LogP contribution in [0.4, 0.5) is 60.9 Å². The quantitative estimate of drug-likeness (QED) is 0.0312. The van der Waals surface area contributed by atoms with Crippen molar-refractivity contribution >= 4 is 119 Å². The number of amides is 3. The molecule has 18 rings (SSSR count). The highest BCUT2D eigenvalue weighted by molar-refractivity contribution is 6.38. The zero-order chi connectivity index (χ0) is 97.1. The van der Waals surface area contributed by atoms with Crippen LogP contribution in [0.1, 0.15) is 80.2 Å². The first-order chi connectivity index (χ1) is 66.7. The normalized spacial score (nSPS) is 19.3. The molecule has 0 aliphatic carbocycles. The SMILES string of the molecule is [C-]#[N+]C[C@H]1CN(c2nc(OCC(C)N3C[C@@H](C)O[C@@H](C)C3)nc3c2CCN(c2cccc4ccc(F)c(Cl)c24)C3)CCN1C(=O)C(=C)F.[C-]#[N+]C[C@H]1CN(c2nc(OCCN3CCCCCC3)nc3c2CCN(c2cccc4ccc(F)c(Cl)c24)C3)CCN1C(=O)C(=C)F.[C-]#[N+]C[C@H]1CN(c2nc(OCCn3cccc3)nc3c2CCN(c2cccc4ccc(F)c(Cl)c24)C3)CCN1C(=O)C(=C)F. The number of benzene rings is 6. The van der Waals surface area contributed by atoms with Crippen LogP contribution in [0, 0.1) is 37.2 Å². The van der Waals surface area contributed by atoms with Crippen molar-refractivity contribution in [3.63, 3.8) is 0 Å². The maximum atomic E-state index is 14.6. The molecule has 8 aliphatic heterocycles. The lowest BCUT2D eigenvalue weighted by atomic mass is 10.0. The second kappa shape index (κ2) is 44.4. The Labute approximate surface area is 813 Å². The molecule has 3 amide bonds. The third-order valence-electron chi connectivity index (χ3n) is 26.7. The van der Waals surface area contributed by atoms with Gasteiger partial charge in [0.2, 0.25) is 19.6 Å². The van der Waals surface area contributed by atoms with Gasteiger partial charge in [-0.25, -0.2) is 46.1 Å². The summed E-state index contributed by atoms with van der Waals surface area (Å²) >= 11 is 19.5. The van der Waals surface area contributed by atoms with Crippen LogP contribution in [0.15, 0.2) is 153 Å². The van der Waals surface area contributed by atoms with Crippen molar-refractivity contribution in [2.45, 2.75) is 128 Å². The third kappa shape index (κ3) is 22.2. The van der Waals surface area contributed by atoms with Gasteiger partial charge in [-0.3, -0.25) is 24.2 Å². The van der Waals surface area contributed by atoms with Crippen LogP contribution < -0.4 is 43.6 Å². The molecule has 0 spiro atoms. The summed E-state index contributed by atoms with van der Waals surface area (Å²) in [6.07, 6.45) is 10.8. The van der Waals surface area contributed by atoms with Crippen molar-refractivity contribution in [3.8, 4) is 18.0 Å². The lowest BCUT2D eigenvalue weighted by molar-refractivity contribution is -0.131. The molecule has 12 heterocycles. The maximum absolute atomic E-state index is 14.6. The Balaban J connectivity index is 0.000000150. The number of nitrogens with zero attached hydrogens (tertiary/aromatic N) is 21. The largest absolute Gasteiger partial charge is 0.462 e. The first kappa shape index (κ1) is 98.3. The maximum Gasteiger partial charge on any atom is 0.318 e. The molecule has 138 heavy (non-hydrogen) atoms. The molecule has 722 valence electrons. The lowest BCUT2D eigenvalue weighted by Crippen LogP contribution is -2.57. The van der Waals surface area contributed by atoms with Crippen LogP contribution >= 0.6 is 34.8 Å². The number of hydrogen-bond donors (Lipinski definition) is 0. The minimum Gasteiger partial charge on any atom is -0.462 e. The van der Waals surface area contributed by atoms with E-state index in [2.05, 4.69) is 84.4 Å². The molecular formula is C101H108Cl3F6N21O7. The van der Waals surface area contributed by atoms with Crippen LogP contribution in [0.3, 0.4) is 0 Å². The van der Waals surface area contributed by atoms with E-state index in [1.54, 1.807) is 18.2 Å². The molecule has 6 atom stereocenters. The number of piperazine rings is 3. The van der Waals surface area contributed by atoms with Crippen molar-refractivity contribution in [1.82, 2.24) is 59.0 Å². The van der Waals surface area contributed by atoms with Gasteiger partial charge in [-0.15, -0.1) is 0 Å². The standard InChI is InChI=1S/C35H40ClF2N7O3.C34H38ClF2N7O2.C32H30ClF2N7O2/c1-21(44-16-22(2)48-23(3)17-44)20-47-35-40-29-19-42(30-8-6-7-25-9-10-28(38)32(36)31(25)30)12-11-27(29)33(41-35)43-13-14-45(34(46)24(4)37)26(18-43)15-39-5;1-23(36)33(45)44-17-16-43(21-25(44)20-38-2)32-26-12-15-42(29-9-7-8-24-10-11-27(37)31(35)30(24)29)22-28(26)39-34(40-32)46-19-18-41-13-5-3-4-6-14-41;1-21(34)31(43)42-15-14-41(19-23(42)18-36-2)30-24-10-13-40(27-7-5-6-22-8-9-25(35)29(33)28(22)27)20-26(24)37-32(38-30)44-17-16-39-11-3-4-12-39/h6-10,21-23,26H,4,11-20H2,1-3H3;7-11,25H,1,3-6,12-22H2;3-9,11-12,23H,1,10,13-20H2/t21?,22-,23+,26-;25-;23-/m000/s1. The summed E-state index contributed by atoms with van der Waals surface area (Å²) < 4.78 is 112. The van der Waals surface area contributed by atoms with Gasteiger partial charge in [0.05, 0.1) is 70.5 Å². The molecule has 37 heteroatoms. The number of rotatable bonds is 24. The number of fused-ring (bicyclic) bond motifs is 6. The molecule has 8 aliphatic rings. The summed E-state index contributed by atoms with van der Waals surface area (Å²) in [5.41, 5.74) is 7.61. The Morgan fingerprint density at radius 1 is 0.442 bits per heavy atom. The van der Waals surface area contributed by atoms with Gasteiger partial charge in [0, 0.05) is 167 Å². The van der Waals surface area contributed by atoms with E-state index in [0.29, 0.717) is 158 Å². The van der Waals surface area contributed by atoms with Crippen LogP contribution in [-0.2, 0) is 64.6 Å². The average molecular weight is 1950 g/mol. The van der Waals surface area contributed by atoms with E-state index in [4.69, 9.17) is 103 Å². The monoisotopic (exact) mass is 1950 g/mol. The molecule has 0 saturated carbocycles. The van der Waals surface area contributed by atoms with Crippen LogP contribution in [0.2, 0.25) is 15.1 Å². The fraction of sp³-hybridized carbons (Fsp3) is 0.426. The second-order valence-corrected chi connectivity index (χ2v) is 36.9. The Kier molecular flexibility index (Phi) is 31.6. The first-order valence-corrected chi connectivity index (χ1v) is 47.7. The fourth-order valence-corrected chi connectivity index (χ4v) is 20.7. The predicted molar refractivity (Wildman–Crippen MR) is 522 cm³/mol. The predicted octanol–water partition coefficient (Wildman–Crippen LogP) is 16.2. The van der Waals surface area contributed by atoms with E-state index >= 15 is 0 Å². The van der Waals surface area contributed by atoms with E-state index in [1.165, 1.54) is 58.6 Å². The molecule has 0 radical (unpaired) electrons. The molecule has 5 saturated heterocycles. The van der Waals surface area contributed by atoms with Crippen molar-refractivity contribution in [2.75, 3.05) is 180 Å². The fourth-order valence-electron chi connectivity index (χ4n) is 19.9. The molecule has 4 aromatic heterocycles. The van der Waals surface area contributed by atoms with Gasteiger partial charge >= 0.3 is 18.0 Å². The van der Waals surface area contributed by atoms with Crippen molar-refractivity contribution in [3.05, 3.63) is 253 Å². The number of carbonyl (C=O) groups excluding carboxylic acids is 3. The van der Waals surface area contributed by atoms with Crippen molar-refractivity contribution in [2.24, 2.45) is 0 Å². The number of likely N-dealkylation sites (tertiary alicyclic amines) is 1. The Morgan fingerprint density at radius 3 is 1.14 bits per heavy atom. The van der Waals surface area contributed by atoms with E-state index in [0.717, 1.165) is 99.7 Å². The zero-order valence-electron chi connectivity index (χ0n) is 77.2. The summed E-state index contributed by atoms with van der Waals surface area (Å²) in [5.74, 6) is -4.84. The molecule has 0 N–H and O–H groups in total. The number of hydrogen-bond acceptors (Lipinski definition) is 21.